The molecule has 0 N–H and O–H groups in total. The molecule has 7 aromatic carbocycles. The molecule has 1 aromatic heterocycles. The molecule has 0 unspecified atom stereocenters. The summed E-state index contributed by atoms with van der Waals surface area (Å²) in [5, 5.41) is 6.35. The molecule has 2 nitrogen and oxygen atoms in total. The summed E-state index contributed by atoms with van der Waals surface area (Å²) >= 11 is 0. The van der Waals surface area contributed by atoms with Crippen LogP contribution in [-0.2, 0) is 0 Å². The molecule has 0 atom stereocenters. The van der Waals surface area contributed by atoms with Gasteiger partial charge in [-0.3, -0.25) is 4.90 Å². The molecule has 0 saturated carbocycles. The van der Waals surface area contributed by atoms with Crippen LogP contribution in [0.25, 0.3) is 54.9 Å². The maximum atomic E-state index is 4.99. The van der Waals surface area contributed by atoms with Crippen LogP contribution in [0.15, 0.2) is 176 Å². The fourth-order valence-electron chi connectivity index (χ4n) is 7.03. The van der Waals surface area contributed by atoms with Crippen molar-refractivity contribution in [3.8, 4) is 33.4 Å². The number of rotatable bonds is 7. The second-order valence-electron chi connectivity index (χ2n) is 13.6. The van der Waals surface area contributed by atoms with Crippen molar-refractivity contribution >= 4 is 52.0 Å². The molecule has 8 rings (SSSR count). The third-order valence-corrected chi connectivity index (χ3v) is 11.5. The Hall–Kier alpha value is -5.77. The predicted molar refractivity (Wildman–Crippen MR) is 213 cm³/mol. The maximum absolute atomic E-state index is 4.99. The zero-order valence-corrected chi connectivity index (χ0v) is 29.1. The number of fused-ring (bicyclic) bond motifs is 2. The maximum Gasteiger partial charge on any atom is 0.137 e. The summed E-state index contributed by atoms with van der Waals surface area (Å²) in [5.74, 6) is 0.915. The van der Waals surface area contributed by atoms with Crippen LogP contribution in [0.4, 0.5) is 17.2 Å². The molecule has 0 aliphatic carbocycles. The van der Waals surface area contributed by atoms with E-state index < -0.39 is 8.07 Å². The number of aromatic nitrogens is 1. The third kappa shape index (κ3) is 5.73. The second-order valence-corrected chi connectivity index (χ2v) is 18.7. The molecule has 0 aliphatic rings. The summed E-state index contributed by atoms with van der Waals surface area (Å²) in [4.78, 5) is 7.24. The molecule has 49 heavy (non-hydrogen) atoms. The van der Waals surface area contributed by atoms with Crippen molar-refractivity contribution in [3.63, 3.8) is 0 Å². The molecule has 0 spiro atoms. The van der Waals surface area contributed by atoms with Crippen molar-refractivity contribution in [1.82, 2.24) is 4.98 Å². The average Bonchev–Trinajstić information content (AvgIpc) is 3.15. The Morgan fingerprint density at radius 1 is 0.408 bits per heavy atom. The van der Waals surface area contributed by atoms with Crippen LogP contribution in [0, 0.1) is 0 Å². The molecular weight excluding hydrogens is 609 g/mol. The van der Waals surface area contributed by atoms with Gasteiger partial charge in [0, 0.05) is 17.6 Å². The van der Waals surface area contributed by atoms with Gasteiger partial charge in [-0.05, 0) is 90.4 Å². The first-order valence-electron chi connectivity index (χ1n) is 17.0. The lowest BCUT2D eigenvalue weighted by atomic mass is 9.84. The Kier molecular flexibility index (Phi) is 7.91. The van der Waals surface area contributed by atoms with E-state index in [2.05, 4.69) is 201 Å². The number of benzene rings is 7. The molecule has 236 valence electrons. The minimum atomic E-state index is -1.47. The van der Waals surface area contributed by atoms with E-state index in [4.69, 9.17) is 4.98 Å². The van der Waals surface area contributed by atoms with Crippen LogP contribution in [0.1, 0.15) is 0 Å². The van der Waals surface area contributed by atoms with E-state index >= 15 is 0 Å². The van der Waals surface area contributed by atoms with Crippen LogP contribution in [-0.4, -0.2) is 13.1 Å². The Morgan fingerprint density at radius 3 is 1.45 bits per heavy atom. The van der Waals surface area contributed by atoms with E-state index in [9.17, 15) is 0 Å². The molecule has 1 heterocycles. The molecule has 0 aliphatic heterocycles. The average molecular weight is 647 g/mol. The quantitative estimate of drug-likeness (QED) is 0.127. The fourth-order valence-corrected chi connectivity index (χ4v) is 8.07. The van der Waals surface area contributed by atoms with Gasteiger partial charge >= 0.3 is 0 Å². The summed E-state index contributed by atoms with van der Waals surface area (Å²) < 4.78 is 0. The van der Waals surface area contributed by atoms with Gasteiger partial charge in [0.1, 0.15) is 5.82 Å². The minimum absolute atomic E-state index is 0.915. The van der Waals surface area contributed by atoms with Crippen LogP contribution in [0.3, 0.4) is 0 Å². The van der Waals surface area contributed by atoms with Gasteiger partial charge in [0.25, 0.3) is 0 Å². The van der Waals surface area contributed by atoms with Crippen LogP contribution in [0.2, 0.25) is 19.6 Å². The lowest BCUT2D eigenvalue weighted by Gasteiger charge is -2.26. The zero-order valence-electron chi connectivity index (χ0n) is 28.1. The van der Waals surface area contributed by atoms with Crippen molar-refractivity contribution in [1.29, 1.82) is 0 Å². The topological polar surface area (TPSA) is 16.1 Å². The molecule has 0 bridgehead atoms. The van der Waals surface area contributed by atoms with Gasteiger partial charge in [-0.25, -0.2) is 4.98 Å². The molecule has 0 amide bonds. The van der Waals surface area contributed by atoms with Crippen molar-refractivity contribution in [2.45, 2.75) is 19.6 Å². The Morgan fingerprint density at radius 2 is 0.898 bits per heavy atom. The monoisotopic (exact) mass is 646 g/mol. The number of hydrogen-bond donors (Lipinski definition) is 0. The first kappa shape index (κ1) is 30.6. The van der Waals surface area contributed by atoms with E-state index in [0.717, 1.165) is 17.2 Å². The molecule has 8 aromatic rings. The second kappa shape index (κ2) is 12.7. The van der Waals surface area contributed by atoms with E-state index in [0.29, 0.717) is 0 Å². The van der Waals surface area contributed by atoms with E-state index in [1.165, 1.54) is 60.1 Å². The molecule has 3 heteroatoms. The summed E-state index contributed by atoms with van der Waals surface area (Å²) in [6.45, 7) is 7.08. The summed E-state index contributed by atoms with van der Waals surface area (Å²) in [6.07, 6.45) is 2.07. The molecule has 0 radical (unpaired) electrons. The number of hydrogen-bond acceptors (Lipinski definition) is 2. The van der Waals surface area contributed by atoms with Crippen molar-refractivity contribution < 1.29 is 0 Å². The van der Waals surface area contributed by atoms with Crippen molar-refractivity contribution in [2.75, 3.05) is 4.90 Å². The lowest BCUT2D eigenvalue weighted by Crippen LogP contribution is -2.37. The zero-order chi connectivity index (χ0) is 33.4. The van der Waals surface area contributed by atoms with Gasteiger partial charge in [0.15, 0.2) is 0 Å². The largest absolute Gasteiger partial charge is 0.295 e. The smallest absolute Gasteiger partial charge is 0.137 e. The van der Waals surface area contributed by atoms with Gasteiger partial charge in [0.05, 0.1) is 8.07 Å². The normalized spacial score (nSPS) is 11.6. The van der Waals surface area contributed by atoms with Crippen molar-refractivity contribution in [2.24, 2.45) is 0 Å². The van der Waals surface area contributed by atoms with E-state index in [1.807, 2.05) is 0 Å². The first-order chi connectivity index (χ1) is 24.0. The standard InChI is InChI=1S/C46H38N2Si/c1-49(2,3)37-30-31-44(47-32-37)48(35-18-8-5-9-19-35)36-28-26-34(27-29-36)45-40-22-12-14-24-42(40)46(43-25-15-13-23-41(43)45)39-21-11-10-20-38(39)33-16-6-4-7-17-33/h4-32H,1-3H3. The Labute approximate surface area is 290 Å². The van der Waals surface area contributed by atoms with Crippen LogP contribution < -0.4 is 10.1 Å². The predicted octanol–water partition coefficient (Wildman–Crippen LogP) is 12.4. The lowest BCUT2D eigenvalue weighted by molar-refractivity contribution is 1.18. The Bertz CT molecular complexity index is 2340. The Balaban J connectivity index is 1.30. The minimum Gasteiger partial charge on any atom is -0.295 e. The van der Waals surface area contributed by atoms with Crippen molar-refractivity contribution in [3.05, 3.63) is 176 Å². The number of para-hydroxylation sites is 1. The van der Waals surface area contributed by atoms with Gasteiger partial charge in [-0.1, -0.05) is 159 Å². The third-order valence-electron chi connectivity index (χ3n) is 9.48. The molecular formula is C46H38N2Si. The number of anilines is 3. The van der Waals surface area contributed by atoms with Crippen LogP contribution in [0.5, 0.6) is 0 Å². The first-order valence-corrected chi connectivity index (χ1v) is 20.5. The highest BCUT2D eigenvalue weighted by Gasteiger charge is 2.21. The summed E-state index contributed by atoms with van der Waals surface area (Å²) in [6, 6.07) is 61.3. The van der Waals surface area contributed by atoms with Gasteiger partial charge in [-0.2, -0.15) is 0 Å². The van der Waals surface area contributed by atoms with Gasteiger partial charge in [-0.15, -0.1) is 0 Å². The van der Waals surface area contributed by atoms with Gasteiger partial charge < -0.3 is 0 Å². The van der Waals surface area contributed by atoms with Crippen LogP contribution >= 0.6 is 0 Å². The summed E-state index contributed by atoms with van der Waals surface area (Å²) in [7, 11) is -1.47. The highest BCUT2D eigenvalue weighted by molar-refractivity contribution is 6.88. The molecule has 0 saturated heterocycles. The highest BCUT2D eigenvalue weighted by Crippen LogP contribution is 2.46. The molecule has 0 fully saturated rings. The highest BCUT2D eigenvalue weighted by atomic mass is 28.3. The van der Waals surface area contributed by atoms with E-state index in [1.54, 1.807) is 0 Å². The fraction of sp³-hybridized carbons (Fsp3) is 0.0652. The summed E-state index contributed by atoms with van der Waals surface area (Å²) in [5.41, 5.74) is 9.58. The SMILES string of the molecule is C[Si](C)(C)c1ccc(N(c2ccccc2)c2ccc(-c3c4ccccc4c(-c4ccccc4-c4ccccc4)c4ccccc34)cc2)nc1. The van der Waals surface area contributed by atoms with E-state index in [-0.39, 0.29) is 0 Å². The number of nitrogens with zero attached hydrogens (tertiary/aromatic N) is 2. The number of pyridine rings is 1. The van der Waals surface area contributed by atoms with Gasteiger partial charge in [0.2, 0.25) is 0 Å².